The SMILES string of the molecule is COc1c(C(C)(C)O)ccc(C)c1Cl. The Labute approximate surface area is 89.5 Å². The zero-order valence-corrected chi connectivity index (χ0v) is 9.64. The van der Waals surface area contributed by atoms with Crippen molar-refractivity contribution >= 4 is 11.6 Å². The number of hydrogen-bond donors (Lipinski definition) is 1. The predicted molar refractivity (Wildman–Crippen MR) is 58.0 cm³/mol. The van der Waals surface area contributed by atoms with Gasteiger partial charge in [0.2, 0.25) is 0 Å². The minimum atomic E-state index is -0.942. The van der Waals surface area contributed by atoms with Gasteiger partial charge < -0.3 is 9.84 Å². The van der Waals surface area contributed by atoms with Gasteiger partial charge in [0.05, 0.1) is 17.7 Å². The summed E-state index contributed by atoms with van der Waals surface area (Å²) in [6, 6.07) is 3.71. The molecule has 0 unspecified atom stereocenters. The smallest absolute Gasteiger partial charge is 0.143 e. The molecule has 3 heteroatoms. The van der Waals surface area contributed by atoms with Gasteiger partial charge >= 0.3 is 0 Å². The van der Waals surface area contributed by atoms with Crippen LogP contribution < -0.4 is 4.74 Å². The quantitative estimate of drug-likeness (QED) is 0.821. The normalized spacial score (nSPS) is 11.6. The van der Waals surface area contributed by atoms with Gasteiger partial charge in [-0.25, -0.2) is 0 Å². The third-order valence-corrected chi connectivity index (χ3v) is 2.62. The first kappa shape index (κ1) is 11.3. The first-order chi connectivity index (χ1) is 6.38. The second-order valence-electron chi connectivity index (χ2n) is 3.84. The van der Waals surface area contributed by atoms with E-state index in [1.807, 2.05) is 19.1 Å². The Morgan fingerprint density at radius 3 is 2.36 bits per heavy atom. The van der Waals surface area contributed by atoms with E-state index in [0.717, 1.165) is 5.56 Å². The third kappa shape index (κ3) is 2.02. The van der Waals surface area contributed by atoms with Gasteiger partial charge in [-0.3, -0.25) is 0 Å². The number of benzene rings is 1. The van der Waals surface area contributed by atoms with Crippen LogP contribution in [0.5, 0.6) is 5.75 Å². The monoisotopic (exact) mass is 214 g/mol. The molecule has 0 fully saturated rings. The zero-order valence-electron chi connectivity index (χ0n) is 8.89. The minimum Gasteiger partial charge on any atom is -0.495 e. The van der Waals surface area contributed by atoms with E-state index in [1.54, 1.807) is 21.0 Å². The molecule has 0 aromatic heterocycles. The molecular formula is C11H15ClO2. The first-order valence-electron chi connectivity index (χ1n) is 4.44. The van der Waals surface area contributed by atoms with E-state index >= 15 is 0 Å². The van der Waals surface area contributed by atoms with Crippen LogP contribution in [0, 0.1) is 6.92 Å². The summed E-state index contributed by atoms with van der Waals surface area (Å²) in [4.78, 5) is 0. The van der Waals surface area contributed by atoms with Gasteiger partial charge in [0.25, 0.3) is 0 Å². The summed E-state index contributed by atoms with van der Waals surface area (Å²) in [5, 5.41) is 10.4. The number of rotatable bonds is 2. The lowest BCUT2D eigenvalue weighted by atomic mass is 9.96. The lowest BCUT2D eigenvalue weighted by molar-refractivity contribution is 0.0756. The van der Waals surface area contributed by atoms with Gasteiger partial charge in [-0.1, -0.05) is 23.7 Å². The molecule has 2 nitrogen and oxygen atoms in total. The number of methoxy groups -OCH3 is 1. The summed E-state index contributed by atoms with van der Waals surface area (Å²) < 4.78 is 5.19. The van der Waals surface area contributed by atoms with E-state index in [1.165, 1.54) is 0 Å². The second-order valence-corrected chi connectivity index (χ2v) is 4.21. The second kappa shape index (κ2) is 3.79. The number of halogens is 1. The molecule has 1 aromatic rings. The number of ether oxygens (including phenoxy) is 1. The largest absolute Gasteiger partial charge is 0.495 e. The zero-order chi connectivity index (χ0) is 10.9. The van der Waals surface area contributed by atoms with Crippen LogP contribution in [0.4, 0.5) is 0 Å². The molecule has 0 aliphatic carbocycles. The van der Waals surface area contributed by atoms with Crippen molar-refractivity contribution < 1.29 is 9.84 Å². The summed E-state index contributed by atoms with van der Waals surface area (Å²) in [6.45, 7) is 5.31. The standard InChI is InChI=1S/C11H15ClO2/c1-7-5-6-8(11(2,3)13)10(14-4)9(7)12/h5-6,13H,1-4H3. The van der Waals surface area contributed by atoms with E-state index < -0.39 is 5.60 Å². The van der Waals surface area contributed by atoms with Crippen molar-refractivity contribution in [2.45, 2.75) is 26.4 Å². The van der Waals surface area contributed by atoms with E-state index in [4.69, 9.17) is 16.3 Å². The first-order valence-corrected chi connectivity index (χ1v) is 4.81. The average Bonchev–Trinajstić information content (AvgIpc) is 2.07. The highest BCUT2D eigenvalue weighted by Crippen LogP contribution is 2.37. The minimum absolute atomic E-state index is 0.555. The van der Waals surface area contributed by atoms with E-state index in [2.05, 4.69) is 0 Å². The highest BCUT2D eigenvalue weighted by molar-refractivity contribution is 6.33. The maximum Gasteiger partial charge on any atom is 0.143 e. The van der Waals surface area contributed by atoms with E-state index in [-0.39, 0.29) is 0 Å². The maximum atomic E-state index is 9.88. The number of aliphatic hydroxyl groups is 1. The summed E-state index contributed by atoms with van der Waals surface area (Å²) >= 11 is 6.07. The fourth-order valence-electron chi connectivity index (χ4n) is 1.34. The molecule has 1 rings (SSSR count). The van der Waals surface area contributed by atoms with Crippen LogP contribution in [0.15, 0.2) is 12.1 Å². The Kier molecular flexibility index (Phi) is 3.07. The molecular weight excluding hydrogens is 200 g/mol. The summed E-state index contributed by atoms with van der Waals surface area (Å²) in [5.74, 6) is 0.555. The third-order valence-electron chi connectivity index (χ3n) is 2.15. The molecule has 14 heavy (non-hydrogen) atoms. The Bertz CT molecular complexity index is 340. The van der Waals surface area contributed by atoms with E-state index in [9.17, 15) is 5.11 Å². The fraction of sp³-hybridized carbons (Fsp3) is 0.455. The molecule has 0 atom stereocenters. The van der Waals surface area contributed by atoms with E-state index in [0.29, 0.717) is 16.3 Å². The Balaban J connectivity index is 3.39. The van der Waals surface area contributed by atoms with Gasteiger partial charge in [0, 0.05) is 5.56 Å². The summed E-state index contributed by atoms with van der Waals surface area (Å²) in [5.41, 5.74) is 0.704. The van der Waals surface area contributed by atoms with Crippen molar-refractivity contribution in [3.05, 3.63) is 28.3 Å². The average molecular weight is 215 g/mol. The summed E-state index contributed by atoms with van der Waals surface area (Å²) in [6.07, 6.45) is 0. The lowest BCUT2D eigenvalue weighted by Gasteiger charge is -2.22. The van der Waals surface area contributed by atoms with Crippen molar-refractivity contribution in [2.24, 2.45) is 0 Å². The molecule has 0 heterocycles. The molecule has 0 saturated heterocycles. The molecule has 0 bridgehead atoms. The molecule has 0 spiro atoms. The maximum absolute atomic E-state index is 9.88. The molecule has 0 aliphatic rings. The molecule has 1 aromatic carbocycles. The van der Waals surface area contributed by atoms with Crippen LogP contribution in [0.25, 0.3) is 0 Å². The van der Waals surface area contributed by atoms with Crippen LogP contribution >= 0.6 is 11.6 Å². The number of hydrogen-bond acceptors (Lipinski definition) is 2. The van der Waals surface area contributed by atoms with Crippen LogP contribution in [0.2, 0.25) is 5.02 Å². The van der Waals surface area contributed by atoms with Crippen molar-refractivity contribution in [1.82, 2.24) is 0 Å². The van der Waals surface area contributed by atoms with Gasteiger partial charge in [0.1, 0.15) is 5.75 Å². The predicted octanol–water partition coefficient (Wildman–Crippen LogP) is 2.88. The molecule has 0 amide bonds. The van der Waals surface area contributed by atoms with Gasteiger partial charge in [-0.05, 0) is 26.3 Å². The lowest BCUT2D eigenvalue weighted by Crippen LogP contribution is -2.17. The van der Waals surface area contributed by atoms with Crippen molar-refractivity contribution in [3.63, 3.8) is 0 Å². The van der Waals surface area contributed by atoms with Gasteiger partial charge in [-0.2, -0.15) is 0 Å². The van der Waals surface area contributed by atoms with Crippen LogP contribution in [-0.4, -0.2) is 12.2 Å². The van der Waals surface area contributed by atoms with Crippen LogP contribution in [-0.2, 0) is 5.60 Å². The summed E-state index contributed by atoms with van der Waals surface area (Å²) in [7, 11) is 1.55. The molecule has 0 radical (unpaired) electrons. The molecule has 0 saturated carbocycles. The van der Waals surface area contributed by atoms with Gasteiger partial charge in [-0.15, -0.1) is 0 Å². The number of aryl methyl sites for hydroxylation is 1. The van der Waals surface area contributed by atoms with Crippen molar-refractivity contribution in [3.8, 4) is 5.75 Å². The Morgan fingerprint density at radius 2 is 1.93 bits per heavy atom. The molecule has 78 valence electrons. The van der Waals surface area contributed by atoms with Crippen LogP contribution in [0.3, 0.4) is 0 Å². The Hall–Kier alpha value is -0.730. The van der Waals surface area contributed by atoms with Crippen molar-refractivity contribution in [1.29, 1.82) is 0 Å². The fourth-order valence-corrected chi connectivity index (χ4v) is 1.58. The molecule has 0 aliphatic heterocycles. The van der Waals surface area contributed by atoms with Crippen LogP contribution in [0.1, 0.15) is 25.0 Å². The van der Waals surface area contributed by atoms with Crippen molar-refractivity contribution in [2.75, 3.05) is 7.11 Å². The van der Waals surface area contributed by atoms with Gasteiger partial charge in [0.15, 0.2) is 0 Å². The molecule has 1 N–H and O–H groups in total. The Morgan fingerprint density at radius 1 is 1.36 bits per heavy atom. The highest BCUT2D eigenvalue weighted by Gasteiger charge is 2.23. The highest BCUT2D eigenvalue weighted by atomic mass is 35.5. The topological polar surface area (TPSA) is 29.5 Å².